The lowest BCUT2D eigenvalue weighted by atomic mass is 10.0. The SMILES string of the molecule is CCc1ccccc1C[CH]N1CCCC1. The lowest BCUT2D eigenvalue weighted by Gasteiger charge is -2.15. The zero-order valence-electron chi connectivity index (χ0n) is 9.58. The number of aryl methyl sites for hydroxylation is 1. The molecule has 0 aliphatic carbocycles. The minimum atomic E-state index is 1.10. The quantitative estimate of drug-likeness (QED) is 0.725. The van der Waals surface area contributed by atoms with Gasteiger partial charge in [0.15, 0.2) is 0 Å². The van der Waals surface area contributed by atoms with E-state index in [2.05, 4.69) is 42.6 Å². The first kappa shape index (κ1) is 10.7. The van der Waals surface area contributed by atoms with E-state index in [0.717, 1.165) is 12.8 Å². The van der Waals surface area contributed by atoms with Crippen LogP contribution in [0.25, 0.3) is 0 Å². The molecular weight excluding hydrogens is 182 g/mol. The van der Waals surface area contributed by atoms with Gasteiger partial charge in [-0.2, -0.15) is 0 Å². The predicted molar refractivity (Wildman–Crippen MR) is 64.6 cm³/mol. The molecular formula is C14H20N. The van der Waals surface area contributed by atoms with Crippen molar-refractivity contribution in [1.29, 1.82) is 0 Å². The minimum Gasteiger partial charge on any atom is -0.298 e. The first-order valence-electron chi connectivity index (χ1n) is 6.04. The van der Waals surface area contributed by atoms with Gasteiger partial charge >= 0.3 is 0 Å². The summed E-state index contributed by atoms with van der Waals surface area (Å²) in [5, 5.41) is 0. The van der Waals surface area contributed by atoms with Crippen molar-refractivity contribution in [2.24, 2.45) is 0 Å². The van der Waals surface area contributed by atoms with Crippen molar-refractivity contribution < 1.29 is 0 Å². The Morgan fingerprint density at radius 1 is 1.13 bits per heavy atom. The summed E-state index contributed by atoms with van der Waals surface area (Å²) in [5.74, 6) is 0. The molecule has 1 heterocycles. The van der Waals surface area contributed by atoms with Gasteiger partial charge in [-0.25, -0.2) is 0 Å². The summed E-state index contributed by atoms with van der Waals surface area (Å²) in [7, 11) is 0. The van der Waals surface area contributed by atoms with Crippen LogP contribution in [0.3, 0.4) is 0 Å². The Morgan fingerprint density at radius 2 is 1.80 bits per heavy atom. The number of likely N-dealkylation sites (tertiary alicyclic amines) is 1. The largest absolute Gasteiger partial charge is 0.298 e. The maximum atomic E-state index is 2.46. The van der Waals surface area contributed by atoms with Crippen LogP contribution in [0.5, 0.6) is 0 Å². The van der Waals surface area contributed by atoms with Crippen LogP contribution in [-0.4, -0.2) is 18.0 Å². The van der Waals surface area contributed by atoms with E-state index in [1.54, 1.807) is 0 Å². The maximum Gasteiger partial charge on any atom is 0.0295 e. The van der Waals surface area contributed by atoms with E-state index >= 15 is 0 Å². The van der Waals surface area contributed by atoms with Gasteiger partial charge in [0, 0.05) is 6.54 Å². The molecule has 0 spiro atoms. The van der Waals surface area contributed by atoms with Crippen LogP contribution in [-0.2, 0) is 12.8 Å². The van der Waals surface area contributed by atoms with Crippen LogP contribution < -0.4 is 0 Å². The van der Waals surface area contributed by atoms with Crippen molar-refractivity contribution in [3.05, 3.63) is 41.9 Å². The van der Waals surface area contributed by atoms with Crippen molar-refractivity contribution in [2.45, 2.75) is 32.6 Å². The lowest BCUT2D eigenvalue weighted by molar-refractivity contribution is 0.407. The van der Waals surface area contributed by atoms with E-state index in [1.807, 2.05) is 0 Å². The molecule has 1 heteroatoms. The van der Waals surface area contributed by atoms with E-state index in [1.165, 1.54) is 37.1 Å². The molecule has 1 aromatic carbocycles. The Hall–Kier alpha value is -0.820. The summed E-state index contributed by atoms with van der Waals surface area (Å²) < 4.78 is 0. The van der Waals surface area contributed by atoms with Gasteiger partial charge in [-0.15, -0.1) is 0 Å². The summed E-state index contributed by atoms with van der Waals surface area (Å²) in [4.78, 5) is 2.46. The molecule has 1 fully saturated rings. The van der Waals surface area contributed by atoms with Crippen LogP contribution >= 0.6 is 0 Å². The van der Waals surface area contributed by atoms with Gasteiger partial charge in [0.05, 0.1) is 0 Å². The standard InChI is InChI=1S/C14H20N/c1-2-13-7-3-4-8-14(13)9-12-15-10-5-6-11-15/h3-4,7-8,12H,2,5-6,9-11H2,1H3. The molecule has 0 aromatic heterocycles. The molecule has 1 aliphatic heterocycles. The van der Waals surface area contributed by atoms with Gasteiger partial charge in [-0.3, -0.25) is 4.90 Å². The van der Waals surface area contributed by atoms with Crippen molar-refractivity contribution in [2.75, 3.05) is 13.1 Å². The van der Waals surface area contributed by atoms with Gasteiger partial charge in [-0.1, -0.05) is 31.2 Å². The normalized spacial score (nSPS) is 17.1. The second-order valence-corrected chi connectivity index (χ2v) is 4.25. The lowest BCUT2D eigenvalue weighted by Crippen LogP contribution is -2.17. The van der Waals surface area contributed by atoms with Gasteiger partial charge in [0.1, 0.15) is 0 Å². The molecule has 2 rings (SSSR count). The monoisotopic (exact) mass is 202 g/mol. The smallest absolute Gasteiger partial charge is 0.0295 e. The number of nitrogens with zero attached hydrogens (tertiary/aromatic N) is 1. The second kappa shape index (κ2) is 5.32. The molecule has 1 aliphatic rings. The van der Waals surface area contributed by atoms with Gasteiger partial charge in [0.25, 0.3) is 0 Å². The first-order chi connectivity index (χ1) is 7.40. The van der Waals surface area contributed by atoms with Crippen LogP contribution in [0.1, 0.15) is 30.9 Å². The Morgan fingerprint density at radius 3 is 2.47 bits per heavy atom. The third-order valence-corrected chi connectivity index (χ3v) is 3.21. The predicted octanol–water partition coefficient (Wildman–Crippen LogP) is 3.05. The zero-order chi connectivity index (χ0) is 10.5. The average molecular weight is 202 g/mol. The highest BCUT2D eigenvalue weighted by Crippen LogP contribution is 2.15. The summed E-state index contributed by atoms with van der Waals surface area (Å²) in [5.41, 5.74) is 2.99. The molecule has 0 atom stereocenters. The summed E-state index contributed by atoms with van der Waals surface area (Å²) in [6.07, 6.45) is 4.98. The molecule has 0 amide bonds. The fourth-order valence-corrected chi connectivity index (χ4v) is 2.25. The molecule has 0 unspecified atom stereocenters. The highest BCUT2D eigenvalue weighted by molar-refractivity contribution is 5.28. The third kappa shape index (κ3) is 2.82. The van der Waals surface area contributed by atoms with Crippen LogP contribution in [0.4, 0.5) is 0 Å². The highest BCUT2D eigenvalue weighted by atomic mass is 15.1. The van der Waals surface area contributed by atoms with Crippen molar-refractivity contribution in [1.82, 2.24) is 4.90 Å². The van der Waals surface area contributed by atoms with Crippen molar-refractivity contribution in [3.63, 3.8) is 0 Å². The molecule has 1 radical (unpaired) electrons. The summed E-state index contributed by atoms with van der Waals surface area (Å²) in [6.45, 7) is 7.12. The Balaban J connectivity index is 1.91. The first-order valence-corrected chi connectivity index (χ1v) is 6.04. The second-order valence-electron chi connectivity index (χ2n) is 4.25. The number of rotatable bonds is 4. The average Bonchev–Trinajstić information content (AvgIpc) is 2.79. The number of hydrogen-bond donors (Lipinski definition) is 0. The van der Waals surface area contributed by atoms with E-state index in [0.29, 0.717) is 0 Å². The van der Waals surface area contributed by atoms with E-state index < -0.39 is 0 Å². The molecule has 0 saturated carbocycles. The fourth-order valence-electron chi connectivity index (χ4n) is 2.25. The molecule has 0 bridgehead atoms. The van der Waals surface area contributed by atoms with Crippen LogP contribution in [0, 0.1) is 6.54 Å². The Kier molecular flexibility index (Phi) is 3.79. The molecule has 1 nitrogen and oxygen atoms in total. The Labute approximate surface area is 93.1 Å². The Bertz CT molecular complexity index is 300. The van der Waals surface area contributed by atoms with Gasteiger partial charge < -0.3 is 0 Å². The minimum absolute atomic E-state index is 1.10. The van der Waals surface area contributed by atoms with Gasteiger partial charge in [0.2, 0.25) is 0 Å². The van der Waals surface area contributed by atoms with Crippen LogP contribution in [0.15, 0.2) is 24.3 Å². The van der Waals surface area contributed by atoms with Crippen LogP contribution in [0.2, 0.25) is 0 Å². The zero-order valence-corrected chi connectivity index (χ0v) is 9.58. The summed E-state index contributed by atoms with van der Waals surface area (Å²) in [6, 6.07) is 8.78. The molecule has 15 heavy (non-hydrogen) atoms. The fraction of sp³-hybridized carbons (Fsp3) is 0.500. The maximum absolute atomic E-state index is 2.46. The van der Waals surface area contributed by atoms with Gasteiger partial charge in [-0.05, 0) is 49.9 Å². The molecule has 1 aromatic rings. The highest BCUT2D eigenvalue weighted by Gasteiger charge is 2.11. The number of hydrogen-bond acceptors (Lipinski definition) is 1. The van der Waals surface area contributed by atoms with E-state index in [9.17, 15) is 0 Å². The third-order valence-electron chi connectivity index (χ3n) is 3.21. The summed E-state index contributed by atoms with van der Waals surface area (Å²) >= 11 is 0. The molecule has 0 N–H and O–H groups in total. The topological polar surface area (TPSA) is 3.24 Å². The molecule has 1 saturated heterocycles. The van der Waals surface area contributed by atoms with E-state index in [4.69, 9.17) is 0 Å². The van der Waals surface area contributed by atoms with Crippen molar-refractivity contribution >= 4 is 0 Å². The number of benzene rings is 1. The molecule has 81 valence electrons. The van der Waals surface area contributed by atoms with E-state index in [-0.39, 0.29) is 0 Å². The van der Waals surface area contributed by atoms with Crippen molar-refractivity contribution in [3.8, 4) is 0 Å².